The van der Waals surface area contributed by atoms with E-state index in [1.165, 1.54) is 23.5 Å². The van der Waals surface area contributed by atoms with Crippen molar-refractivity contribution in [2.24, 2.45) is 0 Å². The van der Waals surface area contributed by atoms with Crippen molar-refractivity contribution in [1.29, 1.82) is 0 Å². The van der Waals surface area contributed by atoms with Gasteiger partial charge in [0.2, 0.25) is 0 Å². The van der Waals surface area contributed by atoms with E-state index in [9.17, 15) is 9.18 Å². The number of esters is 1. The Morgan fingerprint density at radius 1 is 1.12 bits per heavy atom. The quantitative estimate of drug-likeness (QED) is 0.716. The summed E-state index contributed by atoms with van der Waals surface area (Å²) in [6, 6.07) is 12.6. The number of benzene rings is 2. The summed E-state index contributed by atoms with van der Waals surface area (Å²) in [6.07, 6.45) is 0. The van der Waals surface area contributed by atoms with Gasteiger partial charge in [-0.3, -0.25) is 0 Å². The van der Waals surface area contributed by atoms with Crippen LogP contribution < -0.4 is 0 Å². The van der Waals surface area contributed by atoms with Crippen LogP contribution in [0.4, 0.5) is 4.39 Å². The number of carbonyl (C=O) groups is 1. The number of rotatable bonds is 5. The third-order valence-corrected chi connectivity index (χ3v) is 4.31. The van der Waals surface area contributed by atoms with Crippen LogP contribution in [-0.4, -0.2) is 16.1 Å². The van der Waals surface area contributed by atoms with Gasteiger partial charge in [0, 0.05) is 10.9 Å². The first-order valence-corrected chi connectivity index (χ1v) is 8.11. The monoisotopic (exact) mass is 343 g/mol. The molecule has 3 aromatic rings. The van der Waals surface area contributed by atoms with Crippen LogP contribution in [0.3, 0.4) is 0 Å². The van der Waals surface area contributed by atoms with Crippen molar-refractivity contribution in [2.45, 2.75) is 13.2 Å². The Bertz CT molecular complexity index is 828. The van der Waals surface area contributed by atoms with Crippen LogP contribution in [0.15, 0.2) is 53.9 Å². The number of aromatic nitrogens is 1. The van der Waals surface area contributed by atoms with Crippen LogP contribution in [0, 0.1) is 5.82 Å². The summed E-state index contributed by atoms with van der Waals surface area (Å²) in [5, 5.41) is 11.5. The third-order valence-electron chi connectivity index (χ3n) is 3.37. The summed E-state index contributed by atoms with van der Waals surface area (Å²) >= 11 is 1.41. The van der Waals surface area contributed by atoms with E-state index in [-0.39, 0.29) is 19.0 Å². The van der Waals surface area contributed by atoms with Gasteiger partial charge in [0.25, 0.3) is 0 Å². The second-order valence-corrected chi connectivity index (χ2v) is 5.94. The molecule has 0 amide bonds. The van der Waals surface area contributed by atoms with Crippen LogP contribution in [0.25, 0.3) is 10.6 Å². The van der Waals surface area contributed by atoms with Crippen LogP contribution in [0.5, 0.6) is 0 Å². The molecule has 0 radical (unpaired) electrons. The summed E-state index contributed by atoms with van der Waals surface area (Å²) in [6.45, 7) is -0.00140. The highest BCUT2D eigenvalue weighted by Crippen LogP contribution is 2.24. The Labute approximate surface area is 142 Å². The summed E-state index contributed by atoms with van der Waals surface area (Å²) < 4.78 is 18.2. The van der Waals surface area contributed by atoms with E-state index in [4.69, 9.17) is 9.84 Å². The van der Waals surface area contributed by atoms with E-state index >= 15 is 0 Å². The highest BCUT2D eigenvalue weighted by Gasteiger charge is 2.10. The molecule has 0 bridgehead atoms. The first-order chi connectivity index (χ1) is 11.7. The van der Waals surface area contributed by atoms with Crippen molar-refractivity contribution in [2.75, 3.05) is 0 Å². The molecule has 122 valence electrons. The SMILES string of the molecule is O=C(OCc1csc(-c2ccc(F)cc2)n1)c1ccc(CO)cc1. The molecule has 1 N–H and O–H groups in total. The summed E-state index contributed by atoms with van der Waals surface area (Å²) in [4.78, 5) is 16.4. The average molecular weight is 343 g/mol. The molecular formula is C18H14FNO3S. The largest absolute Gasteiger partial charge is 0.456 e. The Morgan fingerprint density at radius 2 is 1.83 bits per heavy atom. The van der Waals surface area contributed by atoms with Crippen LogP contribution in [0.1, 0.15) is 21.6 Å². The minimum Gasteiger partial charge on any atom is -0.456 e. The lowest BCUT2D eigenvalue weighted by atomic mass is 10.1. The maximum atomic E-state index is 12.9. The molecule has 0 aliphatic carbocycles. The van der Waals surface area contributed by atoms with Gasteiger partial charge < -0.3 is 9.84 Å². The van der Waals surface area contributed by atoms with Gasteiger partial charge in [-0.05, 0) is 42.0 Å². The predicted octanol–water partition coefficient (Wildman–Crippen LogP) is 3.80. The van der Waals surface area contributed by atoms with Crippen molar-refractivity contribution < 1.29 is 19.0 Å². The van der Waals surface area contributed by atoms with E-state index in [1.807, 2.05) is 0 Å². The molecular weight excluding hydrogens is 329 g/mol. The van der Waals surface area contributed by atoms with Gasteiger partial charge in [-0.15, -0.1) is 11.3 Å². The molecule has 0 atom stereocenters. The molecule has 0 fully saturated rings. The fourth-order valence-corrected chi connectivity index (χ4v) is 2.88. The maximum Gasteiger partial charge on any atom is 0.338 e. The van der Waals surface area contributed by atoms with Gasteiger partial charge in [0.15, 0.2) is 0 Å². The van der Waals surface area contributed by atoms with Crippen molar-refractivity contribution >= 4 is 17.3 Å². The smallest absolute Gasteiger partial charge is 0.338 e. The normalized spacial score (nSPS) is 10.6. The van der Waals surface area contributed by atoms with Crippen molar-refractivity contribution in [3.63, 3.8) is 0 Å². The van der Waals surface area contributed by atoms with Crippen LogP contribution in [-0.2, 0) is 18.0 Å². The Hall–Kier alpha value is -2.57. The van der Waals surface area contributed by atoms with Crippen molar-refractivity contribution in [1.82, 2.24) is 4.98 Å². The minimum atomic E-state index is -0.448. The lowest BCUT2D eigenvalue weighted by Crippen LogP contribution is -2.05. The number of ether oxygens (including phenoxy) is 1. The molecule has 1 heterocycles. The topological polar surface area (TPSA) is 59.4 Å². The Morgan fingerprint density at radius 3 is 2.50 bits per heavy atom. The van der Waals surface area contributed by atoms with Gasteiger partial charge >= 0.3 is 5.97 Å². The number of thiazole rings is 1. The van der Waals surface area contributed by atoms with Crippen molar-refractivity contribution in [3.8, 4) is 10.6 Å². The zero-order valence-electron chi connectivity index (χ0n) is 12.6. The summed E-state index contributed by atoms with van der Waals surface area (Å²) in [5.74, 6) is -0.743. The molecule has 0 aliphatic rings. The van der Waals surface area contributed by atoms with Gasteiger partial charge in [-0.25, -0.2) is 14.2 Å². The minimum absolute atomic E-state index is 0.0677. The zero-order chi connectivity index (χ0) is 16.9. The summed E-state index contributed by atoms with van der Waals surface area (Å²) in [5.41, 5.74) is 2.61. The van der Waals surface area contributed by atoms with Gasteiger partial charge in [-0.2, -0.15) is 0 Å². The second-order valence-electron chi connectivity index (χ2n) is 5.08. The first-order valence-electron chi connectivity index (χ1n) is 7.23. The molecule has 6 heteroatoms. The van der Waals surface area contributed by atoms with Gasteiger partial charge in [-0.1, -0.05) is 12.1 Å². The van der Waals surface area contributed by atoms with E-state index in [1.54, 1.807) is 41.8 Å². The number of halogens is 1. The van der Waals surface area contributed by atoms with E-state index < -0.39 is 5.97 Å². The molecule has 2 aromatic carbocycles. The Balaban J connectivity index is 1.62. The zero-order valence-corrected chi connectivity index (χ0v) is 13.4. The maximum absolute atomic E-state index is 12.9. The predicted molar refractivity (Wildman–Crippen MR) is 89.0 cm³/mol. The molecule has 0 saturated carbocycles. The van der Waals surface area contributed by atoms with Crippen molar-refractivity contribution in [3.05, 3.63) is 76.5 Å². The van der Waals surface area contributed by atoms with Crippen LogP contribution >= 0.6 is 11.3 Å². The number of carbonyl (C=O) groups excluding carboxylic acids is 1. The molecule has 4 nitrogen and oxygen atoms in total. The lowest BCUT2D eigenvalue weighted by molar-refractivity contribution is 0.0468. The molecule has 0 saturated heterocycles. The number of aliphatic hydroxyl groups is 1. The molecule has 0 aliphatic heterocycles. The van der Waals surface area contributed by atoms with Gasteiger partial charge in [0.05, 0.1) is 17.9 Å². The lowest BCUT2D eigenvalue weighted by Gasteiger charge is -2.03. The molecule has 24 heavy (non-hydrogen) atoms. The fraction of sp³-hybridized carbons (Fsp3) is 0.111. The van der Waals surface area contributed by atoms with E-state index in [0.717, 1.165) is 16.1 Å². The fourth-order valence-electron chi connectivity index (χ4n) is 2.07. The standard InChI is InChI=1S/C18H14FNO3S/c19-15-7-5-13(6-8-15)17-20-16(11-24-17)10-23-18(22)14-3-1-12(9-21)2-4-14/h1-8,11,21H,9-10H2. The number of aliphatic hydroxyl groups excluding tert-OH is 1. The first kappa shape index (κ1) is 16.3. The molecule has 3 rings (SSSR count). The van der Waals surface area contributed by atoms with Crippen LogP contribution in [0.2, 0.25) is 0 Å². The number of nitrogens with zero attached hydrogens (tertiary/aromatic N) is 1. The average Bonchev–Trinajstić information content (AvgIpc) is 3.09. The number of hydrogen-bond acceptors (Lipinski definition) is 5. The molecule has 0 spiro atoms. The number of hydrogen-bond donors (Lipinski definition) is 1. The van der Waals surface area contributed by atoms with Gasteiger partial charge in [0.1, 0.15) is 17.4 Å². The summed E-state index contributed by atoms with van der Waals surface area (Å²) in [7, 11) is 0. The third kappa shape index (κ3) is 3.84. The second kappa shape index (κ2) is 7.33. The van der Waals surface area contributed by atoms with E-state index in [0.29, 0.717) is 11.3 Å². The molecule has 1 aromatic heterocycles. The van der Waals surface area contributed by atoms with E-state index in [2.05, 4.69) is 4.98 Å². The highest BCUT2D eigenvalue weighted by molar-refractivity contribution is 7.13. The Kier molecular flexibility index (Phi) is 4.98. The molecule has 0 unspecified atom stereocenters. The highest BCUT2D eigenvalue weighted by atomic mass is 32.1.